The Morgan fingerprint density at radius 1 is 0.917 bits per heavy atom. The minimum atomic E-state index is -0.557. The molecule has 6 heteroatoms. The van der Waals surface area contributed by atoms with Crippen LogP contribution in [0.2, 0.25) is 0 Å². The molecule has 3 rings (SSSR count). The standard InChI is InChI=1S/C30H35N3O3/c1-20(31)26-10-6-8-22(16-26)18-28(30(35)36-5)21(2)32-29(34)25-14-12-24(13-15-25)27-11-7-9-23(17-27)19-33(3)4/h6-17,21,28,31H,18-19H2,1-5H3,(H,32,34). The van der Waals surface area contributed by atoms with E-state index in [9.17, 15) is 9.59 Å². The van der Waals surface area contributed by atoms with Gasteiger partial charge in [0.1, 0.15) is 0 Å². The molecule has 188 valence electrons. The van der Waals surface area contributed by atoms with Crippen LogP contribution in [0.5, 0.6) is 0 Å². The number of amides is 1. The zero-order valence-electron chi connectivity index (χ0n) is 21.7. The van der Waals surface area contributed by atoms with E-state index >= 15 is 0 Å². The highest BCUT2D eigenvalue weighted by molar-refractivity contribution is 5.96. The molecule has 36 heavy (non-hydrogen) atoms. The predicted molar refractivity (Wildman–Crippen MR) is 144 cm³/mol. The van der Waals surface area contributed by atoms with Crippen LogP contribution in [-0.4, -0.2) is 49.7 Å². The zero-order valence-corrected chi connectivity index (χ0v) is 21.7. The molecule has 0 aromatic heterocycles. The van der Waals surface area contributed by atoms with Crippen molar-refractivity contribution < 1.29 is 14.3 Å². The van der Waals surface area contributed by atoms with Crippen molar-refractivity contribution in [3.8, 4) is 11.1 Å². The van der Waals surface area contributed by atoms with Gasteiger partial charge in [0.25, 0.3) is 5.91 Å². The molecule has 0 bridgehead atoms. The normalized spacial score (nSPS) is 12.6. The summed E-state index contributed by atoms with van der Waals surface area (Å²) in [7, 11) is 5.44. The maximum absolute atomic E-state index is 13.0. The molecule has 0 radical (unpaired) electrons. The highest BCUT2D eigenvalue weighted by Crippen LogP contribution is 2.22. The predicted octanol–water partition coefficient (Wildman–Crippen LogP) is 4.95. The van der Waals surface area contributed by atoms with Crippen molar-refractivity contribution in [1.82, 2.24) is 10.2 Å². The molecule has 1 amide bonds. The Morgan fingerprint density at radius 3 is 2.22 bits per heavy atom. The summed E-state index contributed by atoms with van der Waals surface area (Å²) in [6.07, 6.45) is 0.400. The number of esters is 1. The van der Waals surface area contributed by atoms with Gasteiger partial charge in [0, 0.05) is 23.9 Å². The topological polar surface area (TPSA) is 82.5 Å². The summed E-state index contributed by atoms with van der Waals surface area (Å²) in [4.78, 5) is 27.7. The Kier molecular flexibility index (Phi) is 9.14. The van der Waals surface area contributed by atoms with Crippen LogP contribution in [0, 0.1) is 11.3 Å². The molecule has 2 atom stereocenters. The van der Waals surface area contributed by atoms with E-state index in [2.05, 4.69) is 28.4 Å². The lowest BCUT2D eigenvalue weighted by molar-refractivity contribution is -0.146. The van der Waals surface area contributed by atoms with Crippen molar-refractivity contribution in [2.75, 3.05) is 21.2 Å². The largest absolute Gasteiger partial charge is 0.469 e. The minimum Gasteiger partial charge on any atom is -0.469 e. The summed E-state index contributed by atoms with van der Waals surface area (Å²) in [5.41, 5.74) is 6.07. The molecule has 0 aliphatic heterocycles. The summed E-state index contributed by atoms with van der Waals surface area (Å²) in [6, 6.07) is 23.0. The summed E-state index contributed by atoms with van der Waals surface area (Å²) >= 11 is 0. The molecule has 0 heterocycles. The van der Waals surface area contributed by atoms with Gasteiger partial charge in [-0.15, -0.1) is 0 Å². The molecule has 0 aliphatic rings. The number of methoxy groups -OCH3 is 1. The number of carbonyl (C=O) groups is 2. The van der Waals surface area contributed by atoms with E-state index in [-0.39, 0.29) is 11.9 Å². The van der Waals surface area contributed by atoms with Gasteiger partial charge in [0.2, 0.25) is 0 Å². The average molecular weight is 486 g/mol. The summed E-state index contributed by atoms with van der Waals surface area (Å²) < 4.78 is 5.03. The Labute approximate surface area is 213 Å². The van der Waals surface area contributed by atoms with Crippen LogP contribution >= 0.6 is 0 Å². The zero-order chi connectivity index (χ0) is 26.2. The van der Waals surface area contributed by atoms with Gasteiger partial charge >= 0.3 is 5.97 Å². The van der Waals surface area contributed by atoms with E-state index in [1.54, 1.807) is 19.1 Å². The van der Waals surface area contributed by atoms with Gasteiger partial charge in [-0.3, -0.25) is 9.59 Å². The van der Waals surface area contributed by atoms with Gasteiger partial charge in [-0.05, 0) is 86.4 Å². The number of hydrogen-bond donors (Lipinski definition) is 2. The fraction of sp³-hybridized carbons (Fsp3) is 0.300. The maximum atomic E-state index is 13.0. The molecule has 2 N–H and O–H groups in total. The van der Waals surface area contributed by atoms with E-state index < -0.39 is 12.0 Å². The van der Waals surface area contributed by atoms with Crippen molar-refractivity contribution in [2.24, 2.45) is 5.92 Å². The molecular weight excluding hydrogens is 450 g/mol. The molecule has 3 aromatic rings. The number of ether oxygens (including phenoxy) is 1. The third-order valence-corrected chi connectivity index (χ3v) is 6.19. The molecular formula is C30H35N3O3. The lowest BCUT2D eigenvalue weighted by Crippen LogP contribution is -2.42. The average Bonchev–Trinajstić information content (AvgIpc) is 2.86. The van der Waals surface area contributed by atoms with E-state index in [0.29, 0.717) is 17.7 Å². The summed E-state index contributed by atoms with van der Waals surface area (Å²) in [6.45, 7) is 4.40. The van der Waals surface area contributed by atoms with Gasteiger partial charge < -0.3 is 20.4 Å². The fourth-order valence-electron chi connectivity index (χ4n) is 4.22. The minimum absolute atomic E-state index is 0.242. The number of benzene rings is 3. The van der Waals surface area contributed by atoms with Crippen LogP contribution < -0.4 is 5.32 Å². The molecule has 3 aromatic carbocycles. The van der Waals surface area contributed by atoms with Gasteiger partial charge in [0.15, 0.2) is 0 Å². The second-order valence-corrected chi connectivity index (χ2v) is 9.44. The SMILES string of the molecule is COC(=O)C(Cc1cccc(C(C)=N)c1)C(C)NC(=O)c1ccc(-c2cccc(CN(C)C)c2)cc1. The van der Waals surface area contributed by atoms with Crippen molar-refractivity contribution in [3.05, 3.63) is 95.1 Å². The molecule has 6 nitrogen and oxygen atoms in total. The first-order valence-corrected chi connectivity index (χ1v) is 12.0. The highest BCUT2D eigenvalue weighted by Gasteiger charge is 2.28. The number of nitrogens with zero attached hydrogens (tertiary/aromatic N) is 1. The third kappa shape index (κ3) is 7.12. The van der Waals surface area contributed by atoms with Gasteiger partial charge in [-0.1, -0.05) is 48.5 Å². The van der Waals surface area contributed by atoms with Crippen molar-refractivity contribution in [1.29, 1.82) is 5.41 Å². The van der Waals surface area contributed by atoms with Crippen LogP contribution in [-0.2, 0) is 22.5 Å². The lowest BCUT2D eigenvalue weighted by Gasteiger charge is -2.23. The van der Waals surface area contributed by atoms with Crippen molar-refractivity contribution in [3.63, 3.8) is 0 Å². The van der Waals surface area contributed by atoms with Gasteiger partial charge in [0.05, 0.1) is 13.0 Å². The first-order valence-electron chi connectivity index (χ1n) is 12.0. The second-order valence-electron chi connectivity index (χ2n) is 9.44. The van der Waals surface area contributed by atoms with Crippen LogP contribution in [0.3, 0.4) is 0 Å². The Bertz CT molecular complexity index is 1220. The lowest BCUT2D eigenvalue weighted by atomic mass is 9.91. The first kappa shape index (κ1) is 26.8. The Balaban J connectivity index is 1.72. The van der Waals surface area contributed by atoms with Crippen LogP contribution in [0.4, 0.5) is 0 Å². The van der Waals surface area contributed by atoms with E-state index in [0.717, 1.165) is 28.8 Å². The monoisotopic (exact) mass is 485 g/mol. The van der Waals surface area contributed by atoms with Crippen LogP contribution in [0.15, 0.2) is 72.8 Å². The molecule has 2 unspecified atom stereocenters. The van der Waals surface area contributed by atoms with E-state index in [1.165, 1.54) is 12.7 Å². The number of hydrogen-bond acceptors (Lipinski definition) is 5. The summed E-state index contributed by atoms with van der Waals surface area (Å²) in [5.74, 6) is -1.18. The first-order chi connectivity index (χ1) is 17.2. The Hall–Kier alpha value is -3.77. The maximum Gasteiger partial charge on any atom is 0.311 e. The number of nitrogens with one attached hydrogen (secondary N) is 2. The van der Waals surface area contributed by atoms with Crippen LogP contribution in [0.1, 0.15) is 40.9 Å². The number of carbonyl (C=O) groups excluding carboxylic acids is 2. The third-order valence-electron chi connectivity index (χ3n) is 6.19. The Morgan fingerprint density at radius 2 is 1.58 bits per heavy atom. The van der Waals surface area contributed by atoms with Crippen molar-refractivity contribution in [2.45, 2.75) is 32.9 Å². The smallest absolute Gasteiger partial charge is 0.311 e. The van der Waals surface area contributed by atoms with Gasteiger partial charge in [-0.2, -0.15) is 0 Å². The fourth-order valence-corrected chi connectivity index (χ4v) is 4.22. The molecule has 0 saturated heterocycles. The quantitative estimate of drug-likeness (QED) is 0.314. The molecule has 0 fully saturated rings. The van der Waals surface area contributed by atoms with E-state index in [1.807, 2.05) is 63.5 Å². The van der Waals surface area contributed by atoms with E-state index in [4.69, 9.17) is 10.1 Å². The second kappa shape index (κ2) is 12.3. The van der Waals surface area contributed by atoms with Crippen LogP contribution in [0.25, 0.3) is 11.1 Å². The summed E-state index contributed by atoms with van der Waals surface area (Å²) in [5, 5.41) is 10.8. The molecule has 0 aliphatic carbocycles. The molecule has 0 spiro atoms. The highest BCUT2D eigenvalue weighted by atomic mass is 16.5. The van der Waals surface area contributed by atoms with Crippen molar-refractivity contribution >= 4 is 17.6 Å². The molecule has 0 saturated carbocycles. The van der Waals surface area contributed by atoms with Gasteiger partial charge in [-0.25, -0.2) is 0 Å². The number of rotatable bonds is 10.